The number of aryl methyl sites for hydroxylation is 1. The quantitative estimate of drug-likeness (QED) is 0.617. The van der Waals surface area contributed by atoms with E-state index in [2.05, 4.69) is 14.9 Å². The third-order valence-corrected chi connectivity index (χ3v) is 5.67. The summed E-state index contributed by atoms with van der Waals surface area (Å²) in [5.74, 6) is 1.39. The number of amides is 2. The van der Waals surface area contributed by atoms with E-state index < -0.39 is 5.92 Å². The molecule has 1 saturated heterocycles. The summed E-state index contributed by atoms with van der Waals surface area (Å²) in [6.07, 6.45) is 3.88. The summed E-state index contributed by atoms with van der Waals surface area (Å²) in [5, 5.41) is 2.93. The monoisotopic (exact) mass is 434 g/mol. The number of nitrogens with one attached hydrogen (secondary N) is 1. The molecule has 0 spiro atoms. The summed E-state index contributed by atoms with van der Waals surface area (Å²) >= 11 is 0. The van der Waals surface area contributed by atoms with E-state index in [0.29, 0.717) is 29.4 Å². The highest BCUT2D eigenvalue weighted by Crippen LogP contribution is 2.34. The Hall–Kier alpha value is -3.81. The molecule has 1 N–H and O–H groups in total. The minimum absolute atomic E-state index is 0.0941. The number of rotatable bonds is 7. The molecule has 2 amide bonds. The maximum Gasteiger partial charge on any atom is 0.229 e. The molecule has 3 aromatic rings. The molecule has 8 nitrogen and oxygen atoms in total. The van der Waals surface area contributed by atoms with Gasteiger partial charge in [0.1, 0.15) is 5.82 Å². The van der Waals surface area contributed by atoms with Crippen molar-refractivity contribution in [2.75, 3.05) is 31.0 Å². The highest BCUT2D eigenvalue weighted by Gasteiger charge is 2.35. The first-order valence-electron chi connectivity index (χ1n) is 10.4. The number of carbonyl (C=O) groups is 2. The molecule has 1 unspecified atom stereocenters. The van der Waals surface area contributed by atoms with Crippen molar-refractivity contribution in [3.8, 4) is 11.5 Å². The molecule has 8 heteroatoms. The van der Waals surface area contributed by atoms with Crippen LogP contribution in [0.1, 0.15) is 17.8 Å². The van der Waals surface area contributed by atoms with Gasteiger partial charge in [-0.05, 0) is 36.8 Å². The molecule has 1 atom stereocenters. The number of imidazole rings is 1. The smallest absolute Gasteiger partial charge is 0.229 e. The first-order valence-corrected chi connectivity index (χ1v) is 10.4. The summed E-state index contributed by atoms with van der Waals surface area (Å²) in [7, 11) is 3.11. The number of nitrogens with zero attached hydrogens (tertiary/aromatic N) is 3. The van der Waals surface area contributed by atoms with Crippen LogP contribution in [0.5, 0.6) is 11.5 Å². The van der Waals surface area contributed by atoms with Gasteiger partial charge in [0, 0.05) is 49.3 Å². The lowest BCUT2D eigenvalue weighted by Gasteiger charge is -2.18. The molecule has 2 aromatic carbocycles. The van der Waals surface area contributed by atoms with Gasteiger partial charge in [-0.25, -0.2) is 4.98 Å². The largest absolute Gasteiger partial charge is 0.493 e. The Morgan fingerprint density at radius 2 is 1.88 bits per heavy atom. The van der Waals surface area contributed by atoms with Gasteiger partial charge in [-0.3, -0.25) is 9.59 Å². The molecule has 1 aliphatic rings. The van der Waals surface area contributed by atoms with Crippen molar-refractivity contribution >= 4 is 23.2 Å². The topological polar surface area (TPSA) is 85.7 Å². The predicted molar refractivity (Wildman–Crippen MR) is 121 cm³/mol. The Kier molecular flexibility index (Phi) is 6.11. The molecule has 1 fully saturated rings. The highest BCUT2D eigenvalue weighted by molar-refractivity contribution is 6.03. The maximum absolute atomic E-state index is 12.8. The molecule has 2 heterocycles. The number of aromatic nitrogens is 2. The number of carbonyl (C=O) groups excluding carboxylic acids is 2. The molecule has 0 bridgehead atoms. The first-order chi connectivity index (χ1) is 15.5. The van der Waals surface area contributed by atoms with Crippen molar-refractivity contribution in [2.45, 2.75) is 19.9 Å². The minimum Gasteiger partial charge on any atom is -0.493 e. The van der Waals surface area contributed by atoms with Gasteiger partial charge in [0.2, 0.25) is 11.8 Å². The van der Waals surface area contributed by atoms with Crippen LogP contribution in [-0.2, 0) is 16.1 Å². The van der Waals surface area contributed by atoms with Gasteiger partial charge in [0.05, 0.1) is 20.1 Å². The maximum atomic E-state index is 12.8. The number of ether oxygens (including phenoxy) is 2. The van der Waals surface area contributed by atoms with Crippen molar-refractivity contribution < 1.29 is 19.1 Å². The van der Waals surface area contributed by atoms with E-state index in [1.807, 2.05) is 37.4 Å². The molecule has 32 heavy (non-hydrogen) atoms. The molecule has 166 valence electrons. The molecule has 0 saturated carbocycles. The molecule has 4 rings (SSSR count). The Labute approximate surface area is 186 Å². The summed E-state index contributed by atoms with van der Waals surface area (Å²) in [6, 6.07) is 13.0. The Bertz CT molecular complexity index is 1120. The van der Waals surface area contributed by atoms with Gasteiger partial charge in [-0.1, -0.05) is 12.1 Å². The van der Waals surface area contributed by atoms with E-state index in [1.54, 1.807) is 43.5 Å². The fourth-order valence-corrected chi connectivity index (χ4v) is 3.83. The number of hydrogen-bond acceptors (Lipinski definition) is 5. The summed E-state index contributed by atoms with van der Waals surface area (Å²) < 4.78 is 12.6. The van der Waals surface area contributed by atoms with Gasteiger partial charge in [-0.15, -0.1) is 0 Å². The third-order valence-electron chi connectivity index (χ3n) is 5.67. The first kappa shape index (κ1) is 21.4. The number of methoxy groups -OCH3 is 2. The SMILES string of the molecule is COc1ccc(N2CC(C(=O)Nc3ccc(Cn4ccnc4C)cc3)CC2=O)cc1OC. The second-order valence-electron chi connectivity index (χ2n) is 7.73. The molecule has 0 aliphatic carbocycles. The zero-order valence-corrected chi connectivity index (χ0v) is 18.4. The van der Waals surface area contributed by atoms with E-state index in [4.69, 9.17) is 9.47 Å². The van der Waals surface area contributed by atoms with Crippen LogP contribution in [0.15, 0.2) is 54.9 Å². The van der Waals surface area contributed by atoms with Gasteiger partial charge >= 0.3 is 0 Å². The van der Waals surface area contributed by atoms with E-state index in [-0.39, 0.29) is 18.2 Å². The lowest BCUT2D eigenvalue weighted by Crippen LogP contribution is -2.28. The average Bonchev–Trinajstić information content (AvgIpc) is 3.39. The summed E-state index contributed by atoms with van der Waals surface area (Å²) in [4.78, 5) is 31.2. The van der Waals surface area contributed by atoms with Crippen molar-refractivity contribution in [1.29, 1.82) is 0 Å². The van der Waals surface area contributed by atoms with Gasteiger partial charge < -0.3 is 24.3 Å². The second-order valence-corrected chi connectivity index (χ2v) is 7.73. The molecular weight excluding hydrogens is 408 g/mol. The Morgan fingerprint density at radius 3 is 2.53 bits per heavy atom. The Balaban J connectivity index is 1.39. The van der Waals surface area contributed by atoms with Gasteiger partial charge in [-0.2, -0.15) is 0 Å². The van der Waals surface area contributed by atoms with Gasteiger partial charge in [0.15, 0.2) is 11.5 Å². The van der Waals surface area contributed by atoms with Crippen LogP contribution in [0.3, 0.4) is 0 Å². The zero-order chi connectivity index (χ0) is 22.7. The minimum atomic E-state index is -0.427. The number of benzene rings is 2. The van der Waals surface area contributed by atoms with Crippen molar-refractivity contribution in [1.82, 2.24) is 9.55 Å². The predicted octanol–water partition coefficient (Wildman–Crippen LogP) is 3.25. The standard InChI is InChI=1S/C24H26N4O4/c1-16-25-10-11-27(16)14-17-4-6-19(7-5-17)26-24(30)18-12-23(29)28(15-18)20-8-9-21(31-2)22(13-20)32-3/h4-11,13,18H,12,14-15H2,1-3H3,(H,26,30). The lowest BCUT2D eigenvalue weighted by molar-refractivity contribution is -0.122. The average molecular weight is 434 g/mol. The summed E-state index contributed by atoms with van der Waals surface area (Å²) in [5.41, 5.74) is 2.50. The van der Waals surface area contributed by atoms with Crippen LogP contribution in [-0.4, -0.2) is 42.1 Å². The van der Waals surface area contributed by atoms with E-state index >= 15 is 0 Å². The lowest BCUT2D eigenvalue weighted by atomic mass is 10.1. The summed E-state index contributed by atoms with van der Waals surface area (Å²) in [6.45, 7) is 3.00. The number of anilines is 2. The fourth-order valence-electron chi connectivity index (χ4n) is 3.83. The second kappa shape index (κ2) is 9.13. The van der Waals surface area contributed by atoms with E-state index in [1.165, 1.54) is 0 Å². The van der Waals surface area contributed by atoms with Crippen molar-refractivity contribution in [3.63, 3.8) is 0 Å². The third kappa shape index (κ3) is 4.44. The molecule has 1 aromatic heterocycles. The van der Waals surface area contributed by atoms with Crippen LogP contribution in [0.4, 0.5) is 11.4 Å². The van der Waals surface area contributed by atoms with Gasteiger partial charge in [0.25, 0.3) is 0 Å². The van der Waals surface area contributed by atoms with E-state index in [9.17, 15) is 9.59 Å². The molecular formula is C24H26N4O4. The van der Waals surface area contributed by atoms with Crippen LogP contribution >= 0.6 is 0 Å². The van der Waals surface area contributed by atoms with Crippen LogP contribution < -0.4 is 19.7 Å². The van der Waals surface area contributed by atoms with E-state index in [0.717, 1.165) is 17.9 Å². The van der Waals surface area contributed by atoms with Crippen LogP contribution in [0.2, 0.25) is 0 Å². The zero-order valence-electron chi connectivity index (χ0n) is 18.4. The van der Waals surface area contributed by atoms with Crippen LogP contribution in [0.25, 0.3) is 0 Å². The Morgan fingerprint density at radius 1 is 1.12 bits per heavy atom. The number of hydrogen-bond donors (Lipinski definition) is 1. The fraction of sp³-hybridized carbons (Fsp3) is 0.292. The van der Waals surface area contributed by atoms with Crippen LogP contribution in [0, 0.1) is 12.8 Å². The highest BCUT2D eigenvalue weighted by atomic mass is 16.5. The normalized spacial score (nSPS) is 15.7. The van der Waals surface area contributed by atoms with Crippen molar-refractivity contribution in [2.24, 2.45) is 5.92 Å². The molecule has 1 aliphatic heterocycles. The van der Waals surface area contributed by atoms with Crippen molar-refractivity contribution in [3.05, 3.63) is 66.2 Å². The molecule has 0 radical (unpaired) electrons.